The predicted octanol–water partition coefficient (Wildman–Crippen LogP) is 3.22. The average molecular weight is 300 g/mol. The summed E-state index contributed by atoms with van der Waals surface area (Å²) in [5, 5.41) is 6.68. The standard InChI is InChI=1S/C19H28N2O/c1-19(12-5-13-20-14-19)18(22)21-17-10-8-16(9-11-17)15-6-3-2-4-7-15/h2-4,6-7,16-17,20H,5,8-14H2,1H3,(H,21,22). The Morgan fingerprint density at radius 2 is 1.91 bits per heavy atom. The van der Waals surface area contributed by atoms with E-state index < -0.39 is 0 Å². The minimum atomic E-state index is -0.214. The second kappa shape index (κ2) is 6.82. The highest BCUT2D eigenvalue weighted by molar-refractivity contribution is 5.82. The van der Waals surface area contributed by atoms with Crippen LogP contribution in [-0.4, -0.2) is 25.0 Å². The maximum Gasteiger partial charge on any atom is 0.227 e. The molecule has 1 heterocycles. The fourth-order valence-electron chi connectivity index (χ4n) is 3.91. The van der Waals surface area contributed by atoms with E-state index in [1.54, 1.807) is 0 Å². The van der Waals surface area contributed by atoms with Crippen molar-refractivity contribution in [3.05, 3.63) is 35.9 Å². The third-order valence-corrected chi connectivity index (χ3v) is 5.48. The number of benzene rings is 1. The third kappa shape index (κ3) is 3.52. The number of amides is 1. The molecule has 22 heavy (non-hydrogen) atoms. The SMILES string of the molecule is CC1(C(=O)NC2CCC(c3ccccc3)CC2)CCCNC1. The van der Waals surface area contributed by atoms with Crippen LogP contribution in [0.3, 0.4) is 0 Å². The van der Waals surface area contributed by atoms with Crippen LogP contribution in [0, 0.1) is 5.41 Å². The van der Waals surface area contributed by atoms with Crippen molar-refractivity contribution in [2.75, 3.05) is 13.1 Å². The van der Waals surface area contributed by atoms with Crippen LogP contribution in [0.25, 0.3) is 0 Å². The maximum atomic E-state index is 12.6. The van der Waals surface area contributed by atoms with Crippen LogP contribution in [0.5, 0.6) is 0 Å². The van der Waals surface area contributed by atoms with E-state index in [-0.39, 0.29) is 11.3 Å². The summed E-state index contributed by atoms with van der Waals surface area (Å²) in [7, 11) is 0. The van der Waals surface area contributed by atoms with Crippen molar-refractivity contribution in [3.63, 3.8) is 0 Å². The second-order valence-electron chi connectivity index (χ2n) is 7.27. The van der Waals surface area contributed by atoms with E-state index in [1.807, 2.05) is 0 Å². The van der Waals surface area contributed by atoms with Crippen LogP contribution in [0.15, 0.2) is 30.3 Å². The Morgan fingerprint density at radius 3 is 2.55 bits per heavy atom. The molecule has 0 radical (unpaired) electrons. The van der Waals surface area contributed by atoms with E-state index in [2.05, 4.69) is 47.9 Å². The van der Waals surface area contributed by atoms with Gasteiger partial charge in [0.2, 0.25) is 5.91 Å². The topological polar surface area (TPSA) is 41.1 Å². The van der Waals surface area contributed by atoms with E-state index in [0.29, 0.717) is 12.0 Å². The Kier molecular flexibility index (Phi) is 4.82. The highest BCUT2D eigenvalue weighted by Crippen LogP contribution is 2.33. The fraction of sp³-hybridized carbons (Fsp3) is 0.632. The molecule has 1 aromatic rings. The summed E-state index contributed by atoms with van der Waals surface area (Å²) in [5.74, 6) is 0.921. The van der Waals surface area contributed by atoms with Gasteiger partial charge in [0.15, 0.2) is 0 Å². The lowest BCUT2D eigenvalue weighted by Crippen LogP contribution is -2.51. The summed E-state index contributed by atoms with van der Waals surface area (Å²) in [5.41, 5.74) is 1.24. The minimum Gasteiger partial charge on any atom is -0.353 e. The lowest BCUT2D eigenvalue weighted by molar-refractivity contribution is -0.132. The lowest BCUT2D eigenvalue weighted by atomic mass is 9.79. The van der Waals surface area contributed by atoms with Crippen molar-refractivity contribution < 1.29 is 4.79 Å². The van der Waals surface area contributed by atoms with Gasteiger partial charge in [-0.2, -0.15) is 0 Å². The Balaban J connectivity index is 1.50. The number of rotatable bonds is 3. The van der Waals surface area contributed by atoms with Crippen molar-refractivity contribution >= 4 is 5.91 Å². The Hall–Kier alpha value is -1.35. The van der Waals surface area contributed by atoms with Crippen LogP contribution < -0.4 is 10.6 Å². The van der Waals surface area contributed by atoms with Crippen molar-refractivity contribution in [2.24, 2.45) is 5.41 Å². The summed E-state index contributed by atoms with van der Waals surface area (Å²) in [6.45, 7) is 3.97. The van der Waals surface area contributed by atoms with Gasteiger partial charge in [-0.05, 0) is 63.5 Å². The van der Waals surface area contributed by atoms with E-state index in [9.17, 15) is 4.79 Å². The summed E-state index contributed by atoms with van der Waals surface area (Å²) in [6, 6.07) is 11.2. The number of nitrogens with one attached hydrogen (secondary N) is 2. The lowest BCUT2D eigenvalue weighted by Gasteiger charge is -2.36. The zero-order valence-corrected chi connectivity index (χ0v) is 13.6. The van der Waals surface area contributed by atoms with Crippen molar-refractivity contribution in [1.82, 2.24) is 10.6 Å². The van der Waals surface area contributed by atoms with Gasteiger partial charge in [0.1, 0.15) is 0 Å². The smallest absolute Gasteiger partial charge is 0.227 e. The van der Waals surface area contributed by atoms with Gasteiger partial charge in [-0.15, -0.1) is 0 Å². The molecule has 0 aromatic heterocycles. The van der Waals surface area contributed by atoms with Crippen molar-refractivity contribution in [3.8, 4) is 0 Å². The summed E-state index contributed by atoms with van der Waals surface area (Å²) in [4.78, 5) is 12.6. The molecule has 0 spiro atoms. The number of hydrogen-bond donors (Lipinski definition) is 2. The van der Waals surface area contributed by atoms with Crippen LogP contribution >= 0.6 is 0 Å². The van der Waals surface area contributed by atoms with Gasteiger partial charge in [0.25, 0.3) is 0 Å². The quantitative estimate of drug-likeness (QED) is 0.900. The van der Waals surface area contributed by atoms with Crippen molar-refractivity contribution in [2.45, 2.75) is 57.4 Å². The largest absolute Gasteiger partial charge is 0.353 e. The molecule has 3 nitrogen and oxygen atoms in total. The Labute approximate surface area is 133 Å². The zero-order valence-electron chi connectivity index (χ0n) is 13.6. The molecule has 3 heteroatoms. The van der Waals surface area contributed by atoms with Crippen LogP contribution in [-0.2, 0) is 4.79 Å². The monoisotopic (exact) mass is 300 g/mol. The van der Waals surface area contributed by atoms with Gasteiger partial charge in [0, 0.05) is 12.6 Å². The maximum absolute atomic E-state index is 12.6. The zero-order chi connectivity index (χ0) is 15.4. The molecule has 1 saturated carbocycles. The molecular formula is C19H28N2O. The first-order valence-electron chi connectivity index (χ1n) is 8.74. The van der Waals surface area contributed by atoms with Gasteiger partial charge >= 0.3 is 0 Å². The Bertz CT molecular complexity index is 485. The van der Waals surface area contributed by atoms with Crippen molar-refractivity contribution in [1.29, 1.82) is 0 Å². The molecule has 2 N–H and O–H groups in total. The first kappa shape index (κ1) is 15.5. The molecule has 1 saturated heterocycles. The first-order chi connectivity index (χ1) is 10.7. The molecule has 1 aliphatic heterocycles. The average Bonchev–Trinajstić information content (AvgIpc) is 2.57. The summed E-state index contributed by atoms with van der Waals surface area (Å²) < 4.78 is 0. The number of carbonyl (C=O) groups is 1. The Morgan fingerprint density at radius 1 is 1.18 bits per heavy atom. The van der Waals surface area contributed by atoms with Gasteiger partial charge in [-0.1, -0.05) is 30.3 Å². The number of piperidine rings is 1. The summed E-state index contributed by atoms with van der Waals surface area (Å²) in [6.07, 6.45) is 6.69. The van der Waals surface area contributed by atoms with E-state index in [1.165, 1.54) is 18.4 Å². The molecule has 3 rings (SSSR count). The molecule has 1 aromatic carbocycles. The molecule has 0 bridgehead atoms. The van der Waals surface area contributed by atoms with Crippen LogP contribution in [0.4, 0.5) is 0 Å². The van der Waals surface area contributed by atoms with Gasteiger partial charge < -0.3 is 10.6 Å². The number of carbonyl (C=O) groups excluding carboxylic acids is 1. The van der Waals surface area contributed by atoms with Gasteiger partial charge in [-0.3, -0.25) is 4.79 Å². The molecular weight excluding hydrogens is 272 g/mol. The van der Waals surface area contributed by atoms with Crippen LogP contribution in [0.2, 0.25) is 0 Å². The third-order valence-electron chi connectivity index (χ3n) is 5.48. The molecule has 1 unspecified atom stereocenters. The molecule has 1 aliphatic carbocycles. The van der Waals surface area contributed by atoms with E-state index in [4.69, 9.17) is 0 Å². The van der Waals surface area contributed by atoms with E-state index in [0.717, 1.165) is 38.8 Å². The van der Waals surface area contributed by atoms with E-state index >= 15 is 0 Å². The second-order valence-corrected chi connectivity index (χ2v) is 7.27. The molecule has 1 amide bonds. The first-order valence-corrected chi connectivity index (χ1v) is 8.74. The van der Waals surface area contributed by atoms with Crippen LogP contribution in [0.1, 0.15) is 56.9 Å². The molecule has 2 aliphatic rings. The minimum absolute atomic E-state index is 0.214. The number of hydrogen-bond acceptors (Lipinski definition) is 2. The van der Waals surface area contributed by atoms with Gasteiger partial charge in [0.05, 0.1) is 5.41 Å². The molecule has 1 atom stereocenters. The highest BCUT2D eigenvalue weighted by atomic mass is 16.2. The summed E-state index contributed by atoms with van der Waals surface area (Å²) >= 11 is 0. The van der Waals surface area contributed by atoms with Gasteiger partial charge in [-0.25, -0.2) is 0 Å². The molecule has 120 valence electrons. The highest BCUT2D eigenvalue weighted by Gasteiger charge is 2.36. The fourth-order valence-corrected chi connectivity index (χ4v) is 3.91. The predicted molar refractivity (Wildman–Crippen MR) is 89.8 cm³/mol. The normalized spacial score (nSPS) is 32.4. The molecule has 2 fully saturated rings.